The minimum Gasteiger partial charge on any atom is -0.327 e. The Kier molecular flexibility index (Phi) is 1.81. The van der Waals surface area contributed by atoms with E-state index < -0.39 is 0 Å². The minimum atomic E-state index is 0.340. The van der Waals surface area contributed by atoms with Gasteiger partial charge >= 0.3 is 0 Å². The first-order valence-corrected chi connectivity index (χ1v) is 5.25. The van der Waals surface area contributed by atoms with Gasteiger partial charge in [0, 0.05) is 24.7 Å². The highest BCUT2D eigenvalue weighted by molar-refractivity contribution is 6.30. The molecule has 1 saturated carbocycles. The third-order valence-corrected chi connectivity index (χ3v) is 3.54. The number of nitrogens with one attached hydrogen (secondary N) is 1. The van der Waals surface area contributed by atoms with E-state index in [1.54, 1.807) is 6.20 Å². The molecule has 1 aliphatic carbocycles. The van der Waals surface area contributed by atoms with Crippen molar-refractivity contribution in [1.82, 2.24) is 10.3 Å². The van der Waals surface area contributed by atoms with E-state index in [0.717, 1.165) is 12.2 Å². The van der Waals surface area contributed by atoms with Crippen molar-refractivity contribution in [3.8, 4) is 0 Å². The zero-order chi connectivity index (χ0) is 9.71. The van der Waals surface area contributed by atoms with Crippen LogP contribution >= 0.6 is 11.6 Å². The molecule has 1 saturated heterocycles. The summed E-state index contributed by atoms with van der Waals surface area (Å²) in [7, 11) is 0. The second kappa shape index (κ2) is 2.92. The summed E-state index contributed by atoms with van der Waals surface area (Å²) in [5.74, 6) is 1.25. The summed E-state index contributed by atoms with van der Waals surface area (Å²) in [4.78, 5) is 4.32. The Morgan fingerprint density at radius 3 is 2.93 bits per heavy atom. The Morgan fingerprint density at radius 1 is 1.50 bits per heavy atom. The standard InChI is InChI=1S/C10H12ClN3/c11-5-1-2-7(13-3-5)10-8-6(4-14-10)9(8)12/h1-3,6,8-10,14H,4,12H2. The molecule has 3 nitrogen and oxygen atoms in total. The summed E-state index contributed by atoms with van der Waals surface area (Å²) in [5.41, 5.74) is 7.00. The number of hydrogen-bond donors (Lipinski definition) is 2. The van der Waals surface area contributed by atoms with Crippen molar-refractivity contribution in [3.05, 3.63) is 29.0 Å². The van der Waals surface area contributed by atoms with E-state index in [9.17, 15) is 0 Å². The van der Waals surface area contributed by atoms with Crippen LogP contribution in [-0.4, -0.2) is 17.6 Å². The van der Waals surface area contributed by atoms with E-state index >= 15 is 0 Å². The second-order valence-electron chi connectivity index (χ2n) is 4.11. The summed E-state index contributed by atoms with van der Waals surface area (Å²) in [6.45, 7) is 1.03. The van der Waals surface area contributed by atoms with Crippen molar-refractivity contribution < 1.29 is 0 Å². The number of fused-ring (bicyclic) bond motifs is 1. The molecule has 2 heterocycles. The molecule has 1 aliphatic heterocycles. The van der Waals surface area contributed by atoms with Crippen molar-refractivity contribution in [1.29, 1.82) is 0 Å². The Balaban J connectivity index is 1.86. The number of halogens is 1. The number of aromatic nitrogens is 1. The van der Waals surface area contributed by atoms with Crippen LogP contribution in [0.5, 0.6) is 0 Å². The summed E-state index contributed by atoms with van der Waals surface area (Å²) in [6, 6.07) is 4.58. The van der Waals surface area contributed by atoms with Gasteiger partial charge in [-0.2, -0.15) is 0 Å². The number of pyridine rings is 1. The first-order valence-electron chi connectivity index (χ1n) is 4.88. The average molecular weight is 210 g/mol. The lowest BCUT2D eigenvalue weighted by Crippen LogP contribution is -2.26. The number of nitrogens with zero attached hydrogens (tertiary/aromatic N) is 1. The van der Waals surface area contributed by atoms with Gasteiger partial charge in [0.1, 0.15) is 0 Å². The normalized spacial score (nSPS) is 39.6. The molecular formula is C10H12ClN3. The molecule has 0 spiro atoms. The van der Waals surface area contributed by atoms with Gasteiger partial charge in [0.2, 0.25) is 0 Å². The van der Waals surface area contributed by atoms with E-state index in [1.807, 2.05) is 12.1 Å². The van der Waals surface area contributed by atoms with Gasteiger partial charge in [-0.1, -0.05) is 11.6 Å². The second-order valence-corrected chi connectivity index (χ2v) is 4.54. The van der Waals surface area contributed by atoms with Gasteiger partial charge in [-0.05, 0) is 18.1 Å². The van der Waals surface area contributed by atoms with E-state index in [-0.39, 0.29) is 0 Å². The van der Waals surface area contributed by atoms with E-state index in [4.69, 9.17) is 17.3 Å². The van der Waals surface area contributed by atoms with Gasteiger partial charge in [-0.15, -0.1) is 0 Å². The van der Waals surface area contributed by atoms with E-state index in [2.05, 4.69) is 10.3 Å². The maximum atomic E-state index is 5.94. The molecule has 0 radical (unpaired) electrons. The number of hydrogen-bond acceptors (Lipinski definition) is 3. The first kappa shape index (κ1) is 8.65. The van der Waals surface area contributed by atoms with Crippen LogP contribution < -0.4 is 11.1 Å². The van der Waals surface area contributed by atoms with Crippen LogP contribution in [0.2, 0.25) is 5.02 Å². The zero-order valence-corrected chi connectivity index (χ0v) is 8.41. The zero-order valence-electron chi connectivity index (χ0n) is 7.65. The van der Waals surface area contributed by atoms with Gasteiger partial charge < -0.3 is 11.1 Å². The first-order chi connectivity index (χ1) is 6.77. The fourth-order valence-electron chi connectivity index (χ4n) is 2.44. The molecule has 0 bridgehead atoms. The fraction of sp³-hybridized carbons (Fsp3) is 0.500. The van der Waals surface area contributed by atoms with Gasteiger partial charge in [-0.25, -0.2) is 0 Å². The molecular weight excluding hydrogens is 198 g/mol. The van der Waals surface area contributed by atoms with Crippen LogP contribution in [0.15, 0.2) is 18.3 Å². The topological polar surface area (TPSA) is 50.9 Å². The Morgan fingerprint density at radius 2 is 2.36 bits per heavy atom. The van der Waals surface area contributed by atoms with Crippen molar-refractivity contribution in [3.63, 3.8) is 0 Å². The highest BCUT2D eigenvalue weighted by Gasteiger charge is 2.56. The molecule has 0 amide bonds. The maximum absolute atomic E-state index is 5.94. The minimum absolute atomic E-state index is 0.340. The van der Waals surface area contributed by atoms with Gasteiger partial charge in [0.25, 0.3) is 0 Å². The predicted molar refractivity (Wildman–Crippen MR) is 54.9 cm³/mol. The van der Waals surface area contributed by atoms with Gasteiger partial charge in [0.15, 0.2) is 0 Å². The average Bonchev–Trinajstić information content (AvgIpc) is 2.63. The molecule has 2 aliphatic rings. The largest absolute Gasteiger partial charge is 0.327 e. The summed E-state index contributed by atoms with van der Waals surface area (Å²) in [6.07, 6.45) is 1.69. The quantitative estimate of drug-likeness (QED) is 0.724. The lowest BCUT2D eigenvalue weighted by molar-refractivity contribution is 0.525. The lowest BCUT2D eigenvalue weighted by atomic mass is 10.1. The van der Waals surface area contributed by atoms with Crippen LogP contribution in [0.3, 0.4) is 0 Å². The van der Waals surface area contributed by atoms with Crippen LogP contribution in [0.1, 0.15) is 11.7 Å². The maximum Gasteiger partial charge on any atom is 0.0589 e. The molecule has 4 unspecified atom stereocenters. The van der Waals surface area contributed by atoms with Crippen molar-refractivity contribution in [2.45, 2.75) is 12.1 Å². The van der Waals surface area contributed by atoms with Crippen molar-refractivity contribution in [2.24, 2.45) is 17.6 Å². The number of piperidine rings is 1. The Hall–Kier alpha value is -0.640. The number of nitrogens with two attached hydrogens (primary N) is 1. The molecule has 1 aromatic heterocycles. The Bertz CT molecular complexity index is 351. The number of rotatable bonds is 1. The molecule has 4 heteroatoms. The highest BCUT2D eigenvalue weighted by atomic mass is 35.5. The third-order valence-electron chi connectivity index (χ3n) is 3.32. The van der Waals surface area contributed by atoms with E-state index in [0.29, 0.717) is 28.9 Å². The van der Waals surface area contributed by atoms with Crippen LogP contribution in [0.25, 0.3) is 0 Å². The highest BCUT2D eigenvalue weighted by Crippen LogP contribution is 2.50. The third kappa shape index (κ3) is 1.16. The van der Waals surface area contributed by atoms with Gasteiger partial charge in [0.05, 0.1) is 16.8 Å². The molecule has 74 valence electrons. The van der Waals surface area contributed by atoms with Crippen molar-refractivity contribution >= 4 is 11.6 Å². The fourth-order valence-corrected chi connectivity index (χ4v) is 2.55. The smallest absolute Gasteiger partial charge is 0.0589 e. The molecule has 0 aromatic carbocycles. The molecule has 3 N–H and O–H groups in total. The molecule has 14 heavy (non-hydrogen) atoms. The van der Waals surface area contributed by atoms with Crippen molar-refractivity contribution in [2.75, 3.05) is 6.54 Å². The predicted octanol–water partition coefficient (Wildman–Crippen LogP) is 0.953. The van der Waals surface area contributed by atoms with E-state index in [1.165, 1.54) is 0 Å². The molecule has 1 aromatic rings. The molecule has 4 atom stereocenters. The lowest BCUT2D eigenvalue weighted by Gasteiger charge is -2.13. The van der Waals surface area contributed by atoms with Crippen LogP contribution in [-0.2, 0) is 0 Å². The van der Waals surface area contributed by atoms with Crippen LogP contribution in [0.4, 0.5) is 0 Å². The monoisotopic (exact) mass is 209 g/mol. The molecule has 3 rings (SSSR count). The summed E-state index contributed by atoms with van der Waals surface area (Å²) >= 11 is 5.79. The molecule has 2 fully saturated rings. The summed E-state index contributed by atoms with van der Waals surface area (Å²) in [5, 5.41) is 4.12. The van der Waals surface area contributed by atoms with Gasteiger partial charge in [-0.3, -0.25) is 4.98 Å². The Labute approximate surface area is 87.7 Å². The summed E-state index contributed by atoms with van der Waals surface area (Å²) < 4.78 is 0. The SMILES string of the molecule is NC1C2CNC(c3ccc(Cl)cn3)C12. The van der Waals surface area contributed by atoms with Crippen LogP contribution in [0, 0.1) is 11.8 Å².